The highest BCUT2D eigenvalue weighted by Crippen LogP contribution is 2.40. The van der Waals surface area contributed by atoms with Crippen molar-refractivity contribution in [1.29, 1.82) is 0 Å². The molecule has 178 valence electrons. The van der Waals surface area contributed by atoms with E-state index in [9.17, 15) is 14.0 Å². The highest BCUT2D eigenvalue weighted by Gasteiger charge is 2.27. The molecule has 0 bridgehead atoms. The van der Waals surface area contributed by atoms with Gasteiger partial charge >= 0.3 is 0 Å². The van der Waals surface area contributed by atoms with Gasteiger partial charge in [-0.05, 0) is 24.1 Å². The lowest BCUT2D eigenvalue weighted by molar-refractivity contribution is 0.0745. The van der Waals surface area contributed by atoms with E-state index in [0.717, 1.165) is 0 Å². The van der Waals surface area contributed by atoms with Gasteiger partial charge in [0.05, 0.1) is 21.3 Å². The normalized spacial score (nSPS) is 13.2. The summed E-state index contributed by atoms with van der Waals surface area (Å²) in [5.74, 6) is 0.0820. The summed E-state index contributed by atoms with van der Waals surface area (Å²) in [6.07, 6.45) is 0.656. The maximum atomic E-state index is 13.6. The van der Waals surface area contributed by atoms with Gasteiger partial charge in [-0.15, -0.1) is 0 Å². The third-order valence-electron chi connectivity index (χ3n) is 5.50. The van der Waals surface area contributed by atoms with Crippen LogP contribution in [0.3, 0.4) is 0 Å². The van der Waals surface area contributed by atoms with Crippen molar-refractivity contribution in [3.63, 3.8) is 0 Å². The maximum Gasteiger partial charge on any atom is 0.276 e. The van der Waals surface area contributed by atoms with E-state index in [0.29, 0.717) is 53.7 Å². The van der Waals surface area contributed by atoms with Crippen molar-refractivity contribution in [1.82, 2.24) is 14.7 Å². The number of halogens is 1. The molecule has 4 rings (SSSR count). The molecule has 9 nitrogen and oxygen atoms in total. The van der Waals surface area contributed by atoms with Crippen LogP contribution in [-0.2, 0) is 13.1 Å². The van der Waals surface area contributed by atoms with E-state index in [-0.39, 0.29) is 24.0 Å². The second-order valence-corrected chi connectivity index (χ2v) is 7.72. The van der Waals surface area contributed by atoms with Crippen LogP contribution < -0.4 is 19.5 Å². The van der Waals surface area contributed by atoms with Crippen molar-refractivity contribution in [2.45, 2.75) is 19.5 Å². The topological polar surface area (TPSA) is 94.9 Å². The Bertz CT molecular complexity index is 1200. The van der Waals surface area contributed by atoms with E-state index < -0.39 is 5.91 Å². The van der Waals surface area contributed by atoms with Gasteiger partial charge in [-0.3, -0.25) is 14.3 Å². The van der Waals surface area contributed by atoms with E-state index in [4.69, 9.17) is 14.2 Å². The minimum absolute atomic E-state index is 0.102. The lowest BCUT2D eigenvalue weighted by Gasteiger charge is -2.20. The molecule has 1 aromatic heterocycles. The first-order chi connectivity index (χ1) is 16.4. The number of hydrogen-bond acceptors (Lipinski definition) is 6. The van der Waals surface area contributed by atoms with Crippen molar-refractivity contribution in [2.24, 2.45) is 0 Å². The second kappa shape index (κ2) is 9.82. The van der Waals surface area contributed by atoms with E-state index in [2.05, 4.69) is 10.4 Å². The molecule has 1 N–H and O–H groups in total. The van der Waals surface area contributed by atoms with E-state index in [1.54, 1.807) is 29.2 Å². The van der Waals surface area contributed by atoms with Gasteiger partial charge in [-0.1, -0.05) is 12.1 Å². The molecule has 1 aliphatic rings. The number of aromatic nitrogens is 2. The molecular weight excluding hydrogens is 443 g/mol. The molecule has 1 aliphatic heterocycles. The van der Waals surface area contributed by atoms with E-state index in [1.807, 2.05) is 0 Å². The highest BCUT2D eigenvalue weighted by atomic mass is 19.1. The van der Waals surface area contributed by atoms with Crippen LogP contribution in [0.25, 0.3) is 0 Å². The molecule has 0 atom stereocenters. The summed E-state index contributed by atoms with van der Waals surface area (Å²) in [6, 6.07) is 10.8. The van der Waals surface area contributed by atoms with Gasteiger partial charge in [0.25, 0.3) is 11.8 Å². The SMILES string of the molecule is COc1cc(NC(=O)c2cc3n(n2)CCCN(Cc2cccc(F)c2)C3=O)cc(OC)c1OC. The molecule has 3 aromatic rings. The number of benzene rings is 2. The predicted molar refractivity (Wildman–Crippen MR) is 122 cm³/mol. The molecule has 2 aromatic carbocycles. The van der Waals surface area contributed by atoms with Gasteiger partial charge < -0.3 is 24.4 Å². The zero-order chi connectivity index (χ0) is 24.2. The van der Waals surface area contributed by atoms with Crippen LogP contribution in [0.4, 0.5) is 10.1 Å². The largest absolute Gasteiger partial charge is 0.493 e. The Morgan fingerprint density at radius 3 is 2.44 bits per heavy atom. The minimum Gasteiger partial charge on any atom is -0.493 e. The van der Waals surface area contributed by atoms with Crippen molar-refractivity contribution < 1.29 is 28.2 Å². The van der Waals surface area contributed by atoms with Crippen molar-refractivity contribution in [2.75, 3.05) is 33.2 Å². The number of nitrogens with zero attached hydrogens (tertiary/aromatic N) is 3. The number of nitrogens with one attached hydrogen (secondary N) is 1. The number of methoxy groups -OCH3 is 3. The van der Waals surface area contributed by atoms with Crippen LogP contribution in [0.1, 0.15) is 33.0 Å². The molecule has 0 saturated heterocycles. The van der Waals surface area contributed by atoms with Crippen LogP contribution >= 0.6 is 0 Å². The van der Waals surface area contributed by atoms with Crippen LogP contribution in [0.15, 0.2) is 42.5 Å². The van der Waals surface area contributed by atoms with Gasteiger partial charge in [-0.2, -0.15) is 5.10 Å². The first-order valence-electron chi connectivity index (χ1n) is 10.7. The zero-order valence-electron chi connectivity index (χ0n) is 19.1. The lowest BCUT2D eigenvalue weighted by Crippen LogP contribution is -2.30. The number of amides is 2. The van der Waals surface area contributed by atoms with Gasteiger partial charge in [0.1, 0.15) is 11.5 Å². The lowest BCUT2D eigenvalue weighted by atomic mass is 10.2. The van der Waals surface area contributed by atoms with Gasteiger partial charge in [-0.25, -0.2) is 4.39 Å². The summed E-state index contributed by atoms with van der Waals surface area (Å²) in [7, 11) is 4.46. The average Bonchev–Trinajstić information content (AvgIpc) is 3.21. The first kappa shape index (κ1) is 23.1. The first-order valence-corrected chi connectivity index (χ1v) is 10.7. The summed E-state index contributed by atoms with van der Waals surface area (Å²) in [6.45, 7) is 1.26. The van der Waals surface area contributed by atoms with E-state index >= 15 is 0 Å². The number of anilines is 1. The standard InChI is InChI=1S/C24H25FN4O5/c1-32-20-11-17(12-21(33-2)22(20)34-3)26-23(30)18-13-19-24(31)28(8-5-9-29(19)27-18)14-15-6-4-7-16(25)10-15/h4,6-7,10-13H,5,8-9,14H2,1-3H3,(H,26,30). The minimum atomic E-state index is -0.487. The van der Waals surface area contributed by atoms with Crippen LogP contribution in [0.5, 0.6) is 17.2 Å². The third kappa shape index (κ3) is 4.66. The Morgan fingerprint density at radius 1 is 1.06 bits per heavy atom. The summed E-state index contributed by atoms with van der Waals surface area (Å²) in [4.78, 5) is 27.7. The number of aryl methyl sites for hydroxylation is 1. The Labute approximate surface area is 196 Å². The Kier molecular flexibility index (Phi) is 6.67. The van der Waals surface area contributed by atoms with Gasteiger partial charge in [0.2, 0.25) is 5.75 Å². The molecule has 0 radical (unpaired) electrons. The van der Waals surface area contributed by atoms with Crippen LogP contribution in [-0.4, -0.2) is 54.4 Å². The monoisotopic (exact) mass is 468 g/mol. The number of rotatable bonds is 7. The summed E-state index contributed by atoms with van der Waals surface area (Å²) < 4.78 is 31.0. The Balaban J connectivity index is 1.55. The molecule has 2 amide bonds. The van der Waals surface area contributed by atoms with Gasteiger partial charge in [0, 0.05) is 43.5 Å². The van der Waals surface area contributed by atoms with Crippen LogP contribution in [0.2, 0.25) is 0 Å². The molecule has 0 aliphatic carbocycles. The number of carbonyl (C=O) groups excluding carboxylic acids is 2. The van der Waals surface area contributed by atoms with E-state index in [1.165, 1.54) is 44.2 Å². The fourth-order valence-electron chi connectivity index (χ4n) is 3.90. The molecule has 34 heavy (non-hydrogen) atoms. The second-order valence-electron chi connectivity index (χ2n) is 7.72. The Morgan fingerprint density at radius 2 is 1.79 bits per heavy atom. The number of fused-ring (bicyclic) bond motifs is 1. The fraction of sp³-hybridized carbons (Fsp3) is 0.292. The zero-order valence-corrected chi connectivity index (χ0v) is 19.1. The average molecular weight is 468 g/mol. The van der Waals surface area contributed by atoms with Crippen molar-refractivity contribution >= 4 is 17.5 Å². The maximum absolute atomic E-state index is 13.6. The number of carbonyl (C=O) groups is 2. The summed E-state index contributed by atoms with van der Waals surface area (Å²) >= 11 is 0. The quantitative estimate of drug-likeness (QED) is 0.572. The smallest absolute Gasteiger partial charge is 0.276 e. The molecular formula is C24H25FN4O5. The van der Waals surface area contributed by atoms with Crippen molar-refractivity contribution in [3.05, 3.63) is 65.2 Å². The van der Waals surface area contributed by atoms with Crippen molar-refractivity contribution in [3.8, 4) is 17.2 Å². The predicted octanol–water partition coefficient (Wildman–Crippen LogP) is 3.35. The summed E-state index contributed by atoms with van der Waals surface area (Å²) in [5, 5.41) is 7.10. The Hall–Kier alpha value is -4.08. The van der Waals surface area contributed by atoms with Crippen LogP contribution in [0, 0.1) is 5.82 Å². The molecule has 0 saturated carbocycles. The van der Waals surface area contributed by atoms with Gasteiger partial charge in [0.15, 0.2) is 17.2 Å². The molecule has 2 heterocycles. The molecule has 0 unspecified atom stereocenters. The third-order valence-corrected chi connectivity index (χ3v) is 5.50. The number of ether oxygens (including phenoxy) is 3. The summed E-state index contributed by atoms with van der Waals surface area (Å²) in [5.41, 5.74) is 1.53. The molecule has 0 fully saturated rings. The molecule has 10 heteroatoms. The highest BCUT2D eigenvalue weighted by molar-refractivity contribution is 6.05. The number of hydrogen-bond donors (Lipinski definition) is 1. The fourth-order valence-corrected chi connectivity index (χ4v) is 3.90. The molecule has 0 spiro atoms.